The van der Waals surface area contributed by atoms with E-state index in [2.05, 4.69) is 24.4 Å². The predicted octanol–water partition coefficient (Wildman–Crippen LogP) is 5.29. The van der Waals surface area contributed by atoms with E-state index < -0.39 is 12.4 Å². The molecule has 0 aliphatic carbocycles. The van der Waals surface area contributed by atoms with E-state index in [0.717, 1.165) is 36.4 Å². The third kappa shape index (κ3) is 5.93. The van der Waals surface area contributed by atoms with Crippen molar-refractivity contribution in [2.24, 2.45) is 0 Å². The molecule has 2 heterocycles. The number of ether oxygens (including phenoxy) is 3. The molecule has 1 aromatic rings. The number of hydrogen-bond acceptors (Lipinski definition) is 6. The molecule has 0 bridgehead atoms. The lowest BCUT2D eigenvalue weighted by atomic mass is 9.99. The number of allylic oxidation sites excluding steroid dienone is 3. The first-order valence-corrected chi connectivity index (χ1v) is 11.4. The molecule has 1 unspecified atom stereocenters. The number of morpholine rings is 1. The maximum absolute atomic E-state index is 13.1. The molecule has 0 saturated carbocycles. The van der Waals surface area contributed by atoms with Crippen LogP contribution in [0.1, 0.15) is 49.5 Å². The highest BCUT2D eigenvalue weighted by Gasteiger charge is 2.25. The van der Waals surface area contributed by atoms with E-state index in [1.165, 1.54) is 20.1 Å². The summed E-state index contributed by atoms with van der Waals surface area (Å²) in [4.78, 5) is 14.2. The van der Waals surface area contributed by atoms with E-state index in [9.17, 15) is 13.6 Å². The molecular weight excluding hydrogens is 442 g/mol. The van der Waals surface area contributed by atoms with Crippen molar-refractivity contribution in [2.45, 2.75) is 46.3 Å². The van der Waals surface area contributed by atoms with Crippen LogP contribution in [0.25, 0.3) is 5.70 Å². The largest absolute Gasteiger partial charge is 0.496 e. The number of nitrogens with one attached hydrogen (secondary N) is 1. The standard InChI is InChI=1S/C26H32F2N2O4/c1-5-7-8-20-13-18(21-16-33-12-10-29-21)9-11-30(20)22(6-2)19-14-23(32-4)25(17(3)31)24(15-19)34-26(27)28/h6,8-9,11,13-15,21,26,29H,5,7,10,12,16H2,1-4H3/b20-8+,22-6-. The van der Waals surface area contributed by atoms with Crippen molar-refractivity contribution in [3.63, 3.8) is 0 Å². The summed E-state index contributed by atoms with van der Waals surface area (Å²) in [5, 5.41) is 3.47. The van der Waals surface area contributed by atoms with Crippen molar-refractivity contribution in [1.82, 2.24) is 10.2 Å². The van der Waals surface area contributed by atoms with Gasteiger partial charge in [0.1, 0.15) is 17.1 Å². The second kappa shape index (κ2) is 11.9. The minimum Gasteiger partial charge on any atom is -0.496 e. The first-order valence-electron chi connectivity index (χ1n) is 11.4. The van der Waals surface area contributed by atoms with Gasteiger partial charge in [0.05, 0.1) is 26.4 Å². The van der Waals surface area contributed by atoms with Gasteiger partial charge >= 0.3 is 6.61 Å². The SMILES string of the molecule is C/C=C(/c1cc(OC)c(C(C)=O)c(OC(F)F)c1)N1C=CC(C2COCCN2)=C/C1=C\CCC. The van der Waals surface area contributed by atoms with Gasteiger partial charge in [0, 0.05) is 29.7 Å². The van der Waals surface area contributed by atoms with E-state index in [4.69, 9.17) is 14.2 Å². The summed E-state index contributed by atoms with van der Waals surface area (Å²) in [7, 11) is 1.40. The van der Waals surface area contributed by atoms with Crippen LogP contribution in [-0.2, 0) is 4.74 Å². The Bertz CT molecular complexity index is 1010. The highest BCUT2D eigenvalue weighted by molar-refractivity contribution is 6.00. The summed E-state index contributed by atoms with van der Waals surface area (Å²) in [6, 6.07) is 3.24. The number of rotatable bonds is 9. The van der Waals surface area contributed by atoms with E-state index in [-0.39, 0.29) is 23.1 Å². The number of methoxy groups -OCH3 is 1. The smallest absolute Gasteiger partial charge is 0.387 e. The fraction of sp³-hybridized carbons (Fsp3) is 0.423. The van der Waals surface area contributed by atoms with Gasteiger partial charge in [0.2, 0.25) is 0 Å². The molecule has 1 atom stereocenters. The second-order valence-corrected chi connectivity index (χ2v) is 7.99. The number of hydrogen-bond donors (Lipinski definition) is 1. The van der Waals surface area contributed by atoms with Gasteiger partial charge in [0.25, 0.3) is 0 Å². The Hall–Kier alpha value is -2.97. The third-order valence-corrected chi connectivity index (χ3v) is 5.66. The molecule has 0 aromatic heterocycles. The number of nitrogens with zero attached hydrogens (tertiary/aromatic N) is 1. The fourth-order valence-corrected chi connectivity index (χ4v) is 4.08. The Balaban J connectivity index is 2.04. The molecule has 8 heteroatoms. The van der Waals surface area contributed by atoms with Crippen molar-refractivity contribution in [1.29, 1.82) is 0 Å². The maximum Gasteiger partial charge on any atom is 0.387 e. The number of alkyl halides is 2. The number of halogens is 2. The molecule has 0 radical (unpaired) electrons. The summed E-state index contributed by atoms with van der Waals surface area (Å²) in [6.45, 7) is 4.29. The van der Waals surface area contributed by atoms with E-state index in [1.54, 1.807) is 6.07 Å². The topological polar surface area (TPSA) is 60.0 Å². The van der Waals surface area contributed by atoms with Gasteiger partial charge in [-0.2, -0.15) is 8.78 Å². The van der Waals surface area contributed by atoms with Gasteiger partial charge < -0.3 is 24.4 Å². The van der Waals surface area contributed by atoms with Crippen LogP contribution in [0.5, 0.6) is 11.5 Å². The number of ketones is 1. The Morgan fingerprint density at radius 1 is 1.35 bits per heavy atom. The molecule has 6 nitrogen and oxygen atoms in total. The third-order valence-electron chi connectivity index (χ3n) is 5.66. The zero-order valence-electron chi connectivity index (χ0n) is 20.1. The molecule has 34 heavy (non-hydrogen) atoms. The lowest BCUT2D eigenvalue weighted by molar-refractivity contribution is -0.0502. The zero-order chi connectivity index (χ0) is 24.7. The number of unbranched alkanes of at least 4 members (excludes halogenated alkanes) is 1. The van der Waals surface area contributed by atoms with Gasteiger partial charge in [-0.25, -0.2) is 0 Å². The van der Waals surface area contributed by atoms with Crippen LogP contribution in [0.4, 0.5) is 8.78 Å². The molecule has 1 fully saturated rings. The lowest BCUT2D eigenvalue weighted by Crippen LogP contribution is -2.42. The molecule has 0 spiro atoms. The Morgan fingerprint density at radius 2 is 2.12 bits per heavy atom. The van der Waals surface area contributed by atoms with E-state index in [1.807, 2.05) is 30.2 Å². The molecule has 1 N–H and O–H groups in total. The highest BCUT2D eigenvalue weighted by Crippen LogP contribution is 2.38. The van der Waals surface area contributed by atoms with Crippen molar-refractivity contribution in [2.75, 3.05) is 26.9 Å². The van der Waals surface area contributed by atoms with Gasteiger partial charge in [-0.15, -0.1) is 0 Å². The van der Waals surface area contributed by atoms with E-state index >= 15 is 0 Å². The van der Waals surface area contributed by atoms with Crippen molar-refractivity contribution < 1.29 is 27.8 Å². The van der Waals surface area contributed by atoms with Crippen LogP contribution >= 0.6 is 0 Å². The van der Waals surface area contributed by atoms with Crippen molar-refractivity contribution >= 4 is 11.5 Å². The van der Waals surface area contributed by atoms with E-state index in [0.29, 0.717) is 18.8 Å². The number of Topliss-reactive ketones (excluding diaryl/α,β-unsaturated/α-hetero) is 1. The maximum atomic E-state index is 13.1. The van der Waals surface area contributed by atoms with Gasteiger partial charge in [-0.05, 0) is 50.1 Å². The molecular formula is C26H32F2N2O4. The Morgan fingerprint density at radius 3 is 2.71 bits per heavy atom. The Kier molecular flexibility index (Phi) is 9.01. The number of carbonyl (C=O) groups is 1. The fourth-order valence-electron chi connectivity index (χ4n) is 4.08. The average molecular weight is 475 g/mol. The van der Waals surface area contributed by atoms with Crippen LogP contribution < -0.4 is 14.8 Å². The van der Waals surface area contributed by atoms with Crippen LogP contribution in [0.15, 0.2) is 53.9 Å². The molecule has 1 aromatic carbocycles. The summed E-state index contributed by atoms with van der Waals surface area (Å²) in [5.74, 6) is -0.451. The molecule has 184 valence electrons. The van der Waals surface area contributed by atoms with Crippen molar-refractivity contribution in [3.05, 3.63) is 65.0 Å². The summed E-state index contributed by atoms with van der Waals surface area (Å²) in [5.41, 5.74) is 3.39. The molecule has 0 amide bonds. The Labute approximate surface area is 199 Å². The first kappa shape index (κ1) is 25.6. The highest BCUT2D eigenvalue weighted by atomic mass is 19.3. The number of carbonyl (C=O) groups excluding carboxylic acids is 1. The lowest BCUT2D eigenvalue weighted by Gasteiger charge is -2.32. The first-order chi connectivity index (χ1) is 16.4. The zero-order valence-corrected chi connectivity index (χ0v) is 20.1. The normalized spacial score (nSPS) is 20.0. The van der Waals surface area contributed by atoms with Gasteiger partial charge in [0.15, 0.2) is 5.78 Å². The second-order valence-electron chi connectivity index (χ2n) is 7.99. The van der Waals surface area contributed by atoms with Crippen molar-refractivity contribution in [3.8, 4) is 11.5 Å². The minimum atomic E-state index is -3.07. The quantitative estimate of drug-likeness (QED) is 0.491. The van der Waals surface area contributed by atoms with Gasteiger partial charge in [-0.3, -0.25) is 4.79 Å². The molecule has 2 aliphatic heterocycles. The molecule has 1 saturated heterocycles. The van der Waals surface area contributed by atoms with Crippen LogP contribution in [0.3, 0.4) is 0 Å². The average Bonchev–Trinajstić information content (AvgIpc) is 2.83. The monoisotopic (exact) mass is 474 g/mol. The summed E-state index contributed by atoms with van der Waals surface area (Å²) < 4.78 is 42.0. The molecule has 2 aliphatic rings. The van der Waals surface area contributed by atoms with Crippen LogP contribution in [0.2, 0.25) is 0 Å². The number of benzene rings is 1. The summed E-state index contributed by atoms with van der Waals surface area (Å²) >= 11 is 0. The minimum absolute atomic E-state index is 0.0107. The predicted molar refractivity (Wildman–Crippen MR) is 128 cm³/mol. The van der Waals surface area contributed by atoms with Crippen LogP contribution in [0, 0.1) is 0 Å². The van der Waals surface area contributed by atoms with Gasteiger partial charge in [-0.1, -0.05) is 25.5 Å². The van der Waals surface area contributed by atoms with Crippen LogP contribution in [-0.4, -0.2) is 50.2 Å². The molecule has 3 rings (SSSR count). The summed E-state index contributed by atoms with van der Waals surface area (Å²) in [6.07, 6.45) is 12.0.